The number of nitrogens with one attached hydrogen (secondary N) is 4. The first kappa shape index (κ1) is 53.6. The van der Waals surface area contributed by atoms with Crippen LogP contribution in [0.2, 0.25) is 10.0 Å². The Balaban J connectivity index is 0.680. The number of anilines is 1. The molecule has 6 fully saturated rings. The number of rotatable bonds is 19. The number of imide groups is 2. The molecular weight excluding hydrogens is 1020 g/mol. The molecule has 2 saturated heterocycles. The van der Waals surface area contributed by atoms with Crippen molar-refractivity contribution in [2.75, 3.05) is 51.4 Å². The number of benzene rings is 3. The third-order valence-corrected chi connectivity index (χ3v) is 18.1. The number of ether oxygens (including phenoxy) is 3. The van der Waals surface area contributed by atoms with E-state index >= 15 is 14.0 Å². The van der Waals surface area contributed by atoms with Crippen LogP contribution in [0.3, 0.4) is 0 Å². The van der Waals surface area contributed by atoms with Gasteiger partial charge in [-0.25, -0.2) is 4.39 Å². The second kappa shape index (κ2) is 21.6. The summed E-state index contributed by atoms with van der Waals surface area (Å²) in [6, 6.07) is 12.6. The van der Waals surface area contributed by atoms with Crippen molar-refractivity contribution < 1.29 is 57.0 Å². The van der Waals surface area contributed by atoms with Gasteiger partial charge in [-0.15, -0.1) is 0 Å². The number of carbonyl (C=O) groups excluding carboxylic acids is 8. The first-order valence-corrected chi connectivity index (χ1v) is 27.4. The van der Waals surface area contributed by atoms with Gasteiger partial charge in [0.05, 0.1) is 42.0 Å². The molecule has 3 aromatic rings. The highest BCUT2D eigenvalue weighted by Gasteiger charge is 2.75. The molecule has 8 aliphatic rings. The van der Waals surface area contributed by atoms with Crippen LogP contribution in [0.4, 0.5) is 10.1 Å². The van der Waals surface area contributed by atoms with Crippen molar-refractivity contribution in [1.82, 2.24) is 25.8 Å². The number of nitrogens with zero attached hydrogens (tertiary/aromatic N) is 2. The summed E-state index contributed by atoms with van der Waals surface area (Å²) in [6.07, 6.45) is 8.10. The minimum atomic E-state index is -1.32. The number of likely N-dealkylation sites (tertiary alicyclic amines) is 1. The molecule has 4 atom stereocenters. The van der Waals surface area contributed by atoms with E-state index in [1.165, 1.54) is 24.3 Å². The molecule has 404 valence electrons. The molecule has 2 bridgehead atoms. The summed E-state index contributed by atoms with van der Waals surface area (Å²) in [5, 5.41) is 12.3. The SMILES string of the molecule is CCN1[C@@H](C(=O)NC23CCC(C(=O)NCCOCCOCCCC(=O)COc4cccc5c4C(=O)N(C4CCC(=O)NC4=O)C5=O)(CC2)CC3)[C@H](c2cccc(Cl)c2F)[C@]2(C(=O)Nc3cc(Cl)ccc32)C12CCCCC2. The number of hydrogen-bond acceptors (Lipinski definition) is 12. The van der Waals surface area contributed by atoms with Gasteiger partial charge in [-0.3, -0.25) is 53.5 Å². The minimum absolute atomic E-state index is 0.00338. The van der Waals surface area contributed by atoms with Crippen LogP contribution in [0.25, 0.3) is 0 Å². The Kier molecular flexibility index (Phi) is 15.2. The average molecular weight is 1090 g/mol. The van der Waals surface area contributed by atoms with Gasteiger partial charge in [0.25, 0.3) is 11.8 Å². The van der Waals surface area contributed by atoms with Gasteiger partial charge in [-0.1, -0.05) is 73.7 Å². The number of likely N-dealkylation sites (N-methyl/N-ethyl adjacent to an activating group) is 1. The van der Waals surface area contributed by atoms with Crippen LogP contribution < -0.4 is 26.0 Å². The van der Waals surface area contributed by atoms with E-state index in [0.29, 0.717) is 81.6 Å². The van der Waals surface area contributed by atoms with Gasteiger partial charge in [0.1, 0.15) is 29.6 Å². The highest BCUT2D eigenvalue weighted by molar-refractivity contribution is 6.31. The van der Waals surface area contributed by atoms with Gasteiger partial charge in [0, 0.05) is 59.1 Å². The Morgan fingerprint density at radius 1 is 0.829 bits per heavy atom. The first-order chi connectivity index (χ1) is 36.6. The number of fused-ring (bicyclic) bond motifs is 7. The van der Waals surface area contributed by atoms with Gasteiger partial charge < -0.3 is 30.2 Å². The highest BCUT2D eigenvalue weighted by atomic mass is 35.5. The van der Waals surface area contributed by atoms with Crippen LogP contribution in [0.15, 0.2) is 54.6 Å². The van der Waals surface area contributed by atoms with Crippen molar-refractivity contribution in [2.45, 2.75) is 138 Å². The van der Waals surface area contributed by atoms with Gasteiger partial charge in [0.15, 0.2) is 5.78 Å². The second-order valence-corrected chi connectivity index (χ2v) is 22.3. The first-order valence-electron chi connectivity index (χ1n) is 26.7. The fraction of sp³-hybridized carbons (Fsp3) is 0.536. The van der Waals surface area contributed by atoms with E-state index in [2.05, 4.69) is 26.2 Å². The molecule has 3 aromatic carbocycles. The van der Waals surface area contributed by atoms with Gasteiger partial charge in [0.2, 0.25) is 29.5 Å². The van der Waals surface area contributed by atoms with Crippen LogP contribution >= 0.6 is 23.2 Å². The number of hydrogen-bond donors (Lipinski definition) is 4. The van der Waals surface area contributed by atoms with Crippen LogP contribution in [0, 0.1) is 11.2 Å². The van der Waals surface area contributed by atoms with Crippen LogP contribution in [0.5, 0.6) is 5.75 Å². The maximum Gasteiger partial charge on any atom is 0.266 e. The van der Waals surface area contributed by atoms with E-state index in [-0.39, 0.29) is 103 Å². The second-order valence-electron chi connectivity index (χ2n) is 21.5. The van der Waals surface area contributed by atoms with E-state index in [9.17, 15) is 28.8 Å². The lowest BCUT2D eigenvalue weighted by atomic mass is 9.55. The zero-order chi connectivity index (χ0) is 53.6. The van der Waals surface area contributed by atoms with Crippen molar-refractivity contribution in [1.29, 1.82) is 0 Å². The molecule has 0 aromatic heterocycles. The van der Waals surface area contributed by atoms with Crippen LogP contribution in [-0.4, -0.2) is 126 Å². The molecule has 17 nitrogen and oxygen atoms in total. The number of Topliss-reactive ketones (excluding diaryl/α,β-unsaturated/α-hetero) is 1. The largest absolute Gasteiger partial charge is 0.485 e. The topological polar surface area (TPSA) is 219 Å². The lowest BCUT2D eigenvalue weighted by Crippen LogP contribution is -2.63. The highest BCUT2D eigenvalue weighted by Crippen LogP contribution is 2.67. The summed E-state index contributed by atoms with van der Waals surface area (Å²) in [7, 11) is 0. The quantitative estimate of drug-likeness (QED) is 0.0729. The van der Waals surface area contributed by atoms with Crippen LogP contribution in [-0.2, 0) is 43.7 Å². The van der Waals surface area contributed by atoms with Crippen molar-refractivity contribution in [2.24, 2.45) is 5.41 Å². The van der Waals surface area contributed by atoms with E-state index in [0.717, 1.165) is 29.7 Å². The monoisotopic (exact) mass is 1080 g/mol. The third kappa shape index (κ3) is 9.18. The lowest BCUT2D eigenvalue weighted by molar-refractivity contribution is -0.141. The Morgan fingerprint density at radius 3 is 2.28 bits per heavy atom. The number of amides is 7. The summed E-state index contributed by atoms with van der Waals surface area (Å²) >= 11 is 13.0. The number of ketones is 1. The fourth-order valence-electron chi connectivity index (χ4n) is 14.1. The Morgan fingerprint density at radius 2 is 1.55 bits per heavy atom. The molecule has 4 aliphatic carbocycles. The van der Waals surface area contributed by atoms with Gasteiger partial charge >= 0.3 is 0 Å². The molecule has 7 amide bonds. The van der Waals surface area contributed by atoms with Crippen molar-refractivity contribution in [3.05, 3.63) is 92.7 Å². The average Bonchev–Trinajstić information content (AvgIpc) is 4.02. The summed E-state index contributed by atoms with van der Waals surface area (Å²) in [4.78, 5) is 110. The predicted molar refractivity (Wildman–Crippen MR) is 276 cm³/mol. The summed E-state index contributed by atoms with van der Waals surface area (Å²) in [5.41, 5.74) is -1.72. The zero-order valence-corrected chi connectivity index (χ0v) is 44.0. The Labute approximate surface area is 449 Å². The van der Waals surface area contributed by atoms with Gasteiger partial charge in [-0.05, 0) is 112 Å². The van der Waals surface area contributed by atoms with Crippen molar-refractivity contribution in [3.63, 3.8) is 0 Å². The molecule has 76 heavy (non-hydrogen) atoms. The zero-order valence-electron chi connectivity index (χ0n) is 42.5. The molecular formula is C56H63Cl2FN6O11. The summed E-state index contributed by atoms with van der Waals surface area (Å²) < 4.78 is 33.7. The van der Waals surface area contributed by atoms with Crippen molar-refractivity contribution in [3.8, 4) is 5.75 Å². The maximum absolute atomic E-state index is 16.7. The van der Waals surface area contributed by atoms with E-state index in [1.807, 2.05) is 13.0 Å². The number of carbonyl (C=O) groups is 8. The Bertz CT molecular complexity index is 2850. The smallest absolute Gasteiger partial charge is 0.266 e. The number of halogens is 3. The molecule has 4 heterocycles. The van der Waals surface area contributed by atoms with Gasteiger partial charge in [-0.2, -0.15) is 0 Å². The molecule has 0 radical (unpaired) electrons. The van der Waals surface area contributed by atoms with Crippen molar-refractivity contribution >= 4 is 76.0 Å². The molecule has 4 N–H and O–H groups in total. The molecule has 2 spiro atoms. The standard InChI is InChI=1S/C56H63Cl2FN6O11/c1-2-64-46(44(36-11-6-12-38(58)45(36)59)56(55(64)18-4-3-5-19-55)37-15-14-33(57)31-39(37)61-52(56)73)48(69)63-54-23-20-53(21-24-54,22-25-54)51(72)60-26-28-75-30-29-74-27-8-9-34(66)32-76-41-13-7-10-35-43(41)50(71)65(49(35)70)40-16-17-42(67)62-47(40)68/h6-7,10-15,31,40,44,46H,2-5,8-9,16-30,32H2,1H3,(H,60,72)(H,61,73)(H,63,69)(H,62,67,68)/t40?,44-,46+,53?,54?,56+/m0/s1. The summed E-state index contributed by atoms with van der Waals surface area (Å²) in [5.74, 6) is -4.88. The summed E-state index contributed by atoms with van der Waals surface area (Å²) in [6.45, 7) is 3.53. The fourth-order valence-corrected chi connectivity index (χ4v) is 14.4. The van der Waals surface area contributed by atoms with Crippen LogP contribution in [0.1, 0.15) is 141 Å². The maximum atomic E-state index is 16.7. The van der Waals surface area contributed by atoms with E-state index in [4.69, 9.17) is 37.4 Å². The molecule has 20 heteroatoms. The normalized spacial score (nSPS) is 27.4. The predicted octanol–water partition coefficient (Wildman–Crippen LogP) is 6.70. The van der Waals surface area contributed by atoms with E-state index < -0.39 is 69.4 Å². The molecule has 4 saturated carbocycles. The van der Waals surface area contributed by atoms with E-state index in [1.54, 1.807) is 24.3 Å². The minimum Gasteiger partial charge on any atom is -0.485 e. The molecule has 4 aliphatic heterocycles. The number of piperidine rings is 1. The molecule has 11 rings (SSSR count). The Hall–Kier alpha value is -5.79. The molecule has 1 unspecified atom stereocenters. The third-order valence-electron chi connectivity index (χ3n) is 17.6. The lowest BCUT2D eigenvalue weighted by Gasteiger charge is -2.53.